The molecular formula is C15H16O7. The fourth-order valence-corrected chi connectivity index (χ4v) is 2.03. The number of carbonyl (C=O) groups excluding carboxylic acids is 1. The Morgan fingerprint density at radius 1 is 1.23 bits per heavy atom. The van der Waals surface area contributed by atoms with Gasteiger partial charge in [0.15, 0.2) is 0 Å². The topological polar surface area (TPSA) is 121 Å². The summed E-state index contributed by atoms with van der Waals surface area (Å²) in [6, 6.07) is 4.02. The number of ether oxygens (including phenoxy) is 1. The number of aliphatic hydroxyl groups is 1. The van der Waals surface area contributed by atoms with Gasteiger partial charge in [-0.1, -0.05) is 18.7 Å². The van der Waals surface area contributed by atoms with Gasteiger partial charge in [-0.05, 0) is 18.1 Å². The third-order valence-corrected chi connectivity index (χ3v) is 3.08. The van der Waals surface area contributed by atoms with Crippen LogP contribution < -0.4 is 0 Å². The Morgan fingerprint density at radius 3 is 2.41 bits per heavy atom. The average molecular weight is 308 g/mol. The summed E-state index contributed by atoms with van der Waals surface area (Å²) in [7, 11) is 0. The second kappa shape index (κ2) is 7.94. The number of carboxylic acid groups (broad SMARTS) is 2. The number of esters is 1. The first-order valence-corrected chi connectivity index (χ1v) is 6.41. The van der Waals surface area contributed by atoms with Gasteiger partial charge in [-0.2, -0.15) is 0 Å². The van der Waals surface area contributed by atoms with Crippen molar-refractivity contribution in [1.29, 1.82) is 0 Å². The molecule has 22 heavy (non-hydrogen) atoms. The summed E-state index contributed by atoms with van der Waals surface area (Å²) in [6.45, 7) is 2.78. The lowest BCUT2D eigenvalue weighted by atomic mass is 9.89. The maximum Gasteiger partial charge on any atom is 0.336 e. The Labute approximate surface area is 126 Å². The zero-order chi connectivity index (χ0) is 16.7. The molecule has 0 saturated heterocycles. The molecule has 0 amide bonds. The molecule has 1 rings (SSSR count). The van der Waals surface area contributed by atoms with Crippen LogP contribution in [-0.4, -0.2) is 46.4 Å². The highest BCUT2D eigenvalue weighted by molar-refractivity contribution is 6.02. The Bertz CT molecular complexity index is 592. The minimum absolute atomic E-state index is 0.0492. The first-order valence-electron chi connectivity index (χ1n) is 6.41. The summed E-state index contributed by atoms with van der Waals surface area (Å²) < 4.78 is 4.79. The van der Waals surface area contributed by atoms with Crippen LogP contribution in [0, 0.1) is 0 Å². The minimum atomic E-state index is -1.39. The minimum Gasteiger partial charge on any atom is -0.478 e. The van der Waals surface area contributed by atoms with E-state index >= 15 is 0 Å². The van der Waals surface area contributed by atoms with Gasteiger partial charge < -0.3 is 20.1 Å². The lowest BCUT2D eigenvalue weighted by molar-refractivity contribution is -0.138. The third kappa shape index (κ3) is 4.16. The van der Waals surface area contributed by atoms with Crippen molar-refractivity contribution in [3.05, 3.63) is 47.5 Å². The van der Waals surface area contributed by atoms with Crippen LogP contribution >= 0.6 is 0 Å². The molecule has 0 aliphatic rings. The summed E-state index contributed by atoms with van der Waals surface area (Å²) in [5.74, 6) is -4.05. The van der Waals surface area contributed by atoms with Crippen LogP contribution in [0.25, 0.3) is 0 Å². The highest BCUT2D eigenvalue weighted by atomic mass is 16.5. The molecule has 3 N–H and O–H groups in total. The van der Waals surface area contributed by atoms with Crippen LogP contribution in [-0.2, 0) is 9.53 Å². The van der Waals surface area contributed by atoms with Crippen molar-refractivity contribution in [2.45, 2.75) is 12.3 Å². The van der Waals surface area contributed by atoms with Crippen molar-refractivity contribution >= 4 is 17.9 Å². The van der Waals surface area contributed by atoms with E-state index in [0.29, 0.717) is 0 Å². The van der Waals surface area contributed by atoms with Gasteiger partial charge in [0.1, 0.15) is 0 Å². The molecule has 1 atom stereocenters. The maximum atomic E-state index is 11.4. The molecule has 0 fully saturated rings. The molecule has 0 radical (unpaired) electrons. The molecular weight excluding hydrogens is 292 g/mol. The SMILES string of the molecule is C=CC(=O)OCCC(CO)c1cccc(C(=O)O)c1C(=O)O. The number of hydrogen-bond donors (Lipinski definition) is 3. The summed E-state index contributed by atoms with van der Waals surface area (Å²) in [6.07, 6.45) is 1.14. The second-order valence-electron chi connectivity index (χ2n) is 4.42. The number of carboxylic acids is 2. The van der Waals surface area contributed by atoms with Gasteiger partial charge in [-0.25, -0.2) is 14.4 Å². The Kier molecular flexibility index (Phi) is 6.27. The monoisotopic (exact) mass is 308 g/mol. The van der Waals surface area contributed by atoms with Gasteiger partial charge in [-0.15, -0.1) is 0 Å². The number of rotatable bonds is 8. The highest BCUT2D eigenvalue weighted by Gasteiger charge is 2.24. The molecule has 0 aliphatic heterocycles. The van der Waals surface area contributed by atoms with E-state index in [9.17, 15) is 24.6 Å². The zero-order valence-electron chi connectivity index (χ0n) is 11.7. The summed E-state index contributed by atoms with van der Waals surface area (Å²) in [4.78, 5) is 33.4. The number of aromatic carboxylic acids is 2. The van der Waals surface area contributed by atoms with E-state index < -0.39 is 30.4 Å². The molecule has 0 heterocycles. The number of carbonyl (C=O) groups is 3. The predicted octanol–water partition coefficient (Wildman–Crippen LogP) is 1.28. The Hall–Kier alpha value is -2.67. The highest BCUT2D eigenvalue weighted by Crippen LogP contribution is 2.26. The molecule has 0 bridgehead atoms. The largest absolute Gasteiger partial charge is 0.478 e. The lowest BCUT2D eigenvalue weighted by Crippen LogP contribution is -2.17. The van der Waals surface area contributed by atoms with Crippen molar-refractivity contribution in [1.82, 2.24) is 0 Å². The van der Waals surface area contributed by atoms with Gasteiger partial charge in [0, 0.05) is 12.0 Å². The maximum absolute atomic E-state index is 11.4. The van der Waals surface area contributed by atoms with E-state index in [4.69, 9.17) is 9.84 Å². The standard InChI is InChI=1S/C15H16O7/c1-2-12(17)22-7-6-9(8-16)10-4-3-5-11(14(18)19)13(10)15(20)21/h2-5,9,16H,1,6-8H2,(H,18,19)(H,20,21). The first-order chi connectivity index (χ1) is 10.4. The molecule has 118 valence electrons. The first kappa shape index (κ1) is 17.4. The van der Waals surface area contributed by atoms with E-state index in [0.717, 1.165) is 6.08 Å². The van der Waals surface area contributed by atoms with Gasteiger partial charge >= 0.3 is 17.9 Å². The van der Waals surface area contributed by atoms with Crippen LogP contribution in [0.1, 0.15) is 38.6 Å². The Balaban J connectivity index is 3.08. The quantitative estimate of drug-likeness (QED) is 0.488. The van der Waals surface area contributed by atoms with E-state index in [2.05, 4.69) is 6.58 Å². The van der Waals surface area contributed by atoms with E-state index in [1.807, 2.05) is 0 Å². The summed E-state index contributed by atoms with van der Waals surface area (Å²) in [5, 5.41) is 27.8. The second-order valence-corrected chi connectivity index (χ2v) is 4.42. The Morgan fingerprint density at radius 2 is 1.91 bits per heavy atom. The van der Waals surface area contributed by atoms with Gasteiger partial charge in [0.05, 0.1) is 24.3 Å². The van der Waals surface area contributed by atoms with E-state index in [1.54, 1.807) is 0 Å². The van der Waals surface area contributed by atoms with Crippen molar-refractivity contribution in [3.63, 3.8) is 0 Å². The van der Waals surface area contributed by atoms with Crippen molar-refractivity contribution < 1.29 is 34.4 Å². The molecule has 1 unspecified atom stereocenters. The molecule has 0 aromatic heterocycles. The molecule has 1 aromatic rings. The third-order valence-electron chi connectivity index (χ3n) is 3.08. The van der Waals surface area contributed by atoms with Crippen LogP contribution in [0.4, 0.5) is 0 Å². The predicted molar refractivity (Wildman–Crippen MR) is 76.0 cm³/mol. The van der Waals surface area contributed by atoms with Crippen LogP contribution in [0.2, 0.25) is 0 Å². The normalized spacial score (nSPS) is 11.5. The van der Waals surface area contributed by atoms with Crippen molar-refractivity contribution in [2.75, 3.05) is 13.2 Å². The summed E-state index contributed by atoms with van der Waals surface area (Å²) in [5.41, 5.74) is -0.541. The smallest absolute Gasteiger partial charge is 0.336 e. The zero-order valence-corrected chi connectivity index (χ0v) is 11.7. The number of benzene rings is 1. The van der Waals surface area contributed by atoms with Crippen molar-refractivity contribution in [3.8, 4) is 0 Å². The molecule has 1 aromatic carbocycles. The van der Waals surface area contributed by atoms with Gasteiger partial charge in [-0.3, -0.25) is 0 Å². The van der Waals surface area contributed by atoms with Crippen LogP contribution in [0.15, 0.2) is 30.9 Å². The fourth-order valence-electron chi connectivity index (χ4n) is 2.03. The molecule has 0 spiro atoms. The number of aliphatic hydroxyl groups excluding tert-OH is 1. The van der Waals surface area contributed by atoms with E-state index in [-0.39, 0.29) is 29.7 Å². The molecule has 0 aliphatic carbocycles. The average Bonchev–Trinajstić information content (AvgIpc) is 2.50. The van der Waals surface area contributed by atoms with E-state index in [1.165, 1.54) is 18.2 Å². The molecule has 7 heteroatoms. The van der Waals surface area contributed by atoms with Gasteiger partial charge in [0.2, 0.25) is 0 Å². The van der Waals surface area contributed by atoms with Gasteiger partial charge in [0.25, 0.3) is 0 Å². The van der Waals surface area contributed by atoms with Crippen molar-refractivity contribution in [2.24, 2.45) is 0 Å². The molecule has 7 nitrogen and oxygen atoms in total. The van der Waals surface area contributed by atoms with Crippen LogP contribution in [0.5, 0.6) is 0 Å². The fraction of sp³-hybridized carbons (Fsp3) is 0.267. The number of hydrogen-bond acceptors (Lipinski definition) is 5. The lowest BCUT2D eigenvalue weighted by Gasteiger charge is -2.18. The summed E-state index contributed by atoms with van der Waals surface area (Å²) >= 11 is 0. The van der Waals surface area contributed by atoms with Crippen LogP contribution in [0.3, 0.4) is 0 Å². The molecule has 0 saturated carbocycles.